The number of aromatic amines is 2. The Morgan fingerprint density at radius 2 is 2.00 bits per heavy atom. The second kappa shape index (κ2) is 4.28. The number of imidazole rings is 1. The summed E-state index contributed by atoms with van der Waals surface area (Å²) in [5, 5.41) is 12.6. The summed E-state index contributed by atoms with van der Waals surface area (Å²) in [5.41, 5.74) is 1.56. The van der Waals surface area contributed by atoms with Gasteiger partial charge in [-0.3, -0.25) is 0 Å². The summed E-state index contributed by atoms with van der Waals surface area (Å²) in [5.74, 6) is 0. The average Bonchev–Trinajstić information content (AvgIpc) is 2.94. The summed E-state index contributed by atoms with van der Waals surface area (Å²) < 4.78 is 0. The van der Waals surface area contributed by atoms with Crippen molar-refractivity contribution < 1.29 is 5.11 Å². The first-order valence-electron chi connectivity index (χ1n) is 5.28. The van der Waals surface area contributed by atoms with Crippen molar-refractivity contribution in [2.45, 2.75) is 6.10 Å². The number of aliphatic hydroxyl groups excluding tert-OH is 1. The van der Waals surface area contributed by atoms with Crippen molar-refractivity contribution >= 4 is 34.0 Å². The predicted octanol–water partition coefficient (Wildman–Crippen LogP) is 2.65. The first-order chi connectivity index (χ1) is 8.65. The molecule has 3 aromatic rings. The van der Waals surface area contributed by atoms with Gasteiger partial charge in [0.1, 0.15) is 6.10 Å². The quantitative estimate of drug-likeness (QED) is 0.675. The molecule has 0 aliphatic heterocycles. The number of hydrogen-bond acceptors (Lipinski definition) is 3. The molecule has 0 amide bonds. The van der Waals surface area contributed by atoms with E-state index in [1.165, 1.54) is 11.3 Å². The Hall–Kier alpha value is -1.56. The second-order valence-corrected chi connectivity index (χ2v) is 5.30. The van der Waals surface area contributed by atoms with E-state index < -0.39 is 6.10 Å². The topological polar surface area (TPSA) is 68.9 Å². The van der Waals surface area contributed by atoms with Crippen molar-refractivity contribution in [3.63, 3.8) is 0 Å². The highest BCUT2D eigenvalue weighted by atomic mass is 35.5. The average molecular weight is 281 g/mol. The molecule has 4 nitrogen and oxygen atoms in total. The van der Waals surface area contributed by atoms with Crippen molar-refractivity contribution in [3.8, 4) is 0 Å². The maximum absolute atomic E-state index is 11.2. The van der Waals surface area contributed by atoms with Crippen LogP contribution in [0, 0.1) is 0 Å². The largest absolute Gasteiger partial charge is 0.383 e. The van der Waals surface area contributed by atoms with E-state index in [4.69, 9.17) is 11.6 Å². The van der Waals surface area contributed by atoms with Crippen LogP contribution in [0.1, 0.15) is 16.5 Å². The molecule has 0 saturated heterocycles. The third kappa shape index (κ3) is 1.86. The van der Waals surface area contributed by atoms with E-state index in [0.29, 0.717) is 21.6 Å². The van der Waals surface area contributed by atoms with E-state index in [2.05, 4.69) is 9.97 Å². The Morgan fingerprint density at radius 3 is 2.67 bits per heavy atom. The van der Waals surface area contributed by atoms with Crippen LogP contribution in [-0.2, 0) is 0 Å². The van der Waals surface area contributed by atoms with Gasteiger partial charge >= 0.3 is 5.69 Å². The zero-order valence-corrected chi connectivity index (χ0v) is 10.7. The van der Waals surface area contributed by atoms with Gasteiger partial charge in [-0.25, -0.2) is 4.79 Å². The molecule has 0 spiro atoms. The van der Waals surface area contributed by atoms with Gasteiger partial charge in [0.05, 0.1) is 11.0 Å². The molecule has 1 atom stereocenters. The maximum Gasteiger partial charge on any atom is 0.323 e. The van der Waals surface area contributed by atoms with Crippen molar-refractivity contribution in [1.29, 1.82) is 0 Å². The van der Waals surface area contributed by atoms with Crippen LogP contribution < -0.4 is 5.69 Å². The van der Waals surface area contributed by atoms with E-state index >= 15 is 0 Å². The fourth-order valence-corrected chi connectivity index (χ4v) is 2.88. The smallest absolute Gasteiger partial charge is 0.323 e. The Kier molecular flexibility index (Phi) is 2.74. The zero-order valence-electron chi connectivity index (χ0n) is 9.11. The molecule has 2 aromatic heterocycles. The molecule has 92 valence electrons. The molecule has 3 rings (SSSR count). The number of H-pyrrole nitrogens is 2. The summed E-state index contributed by atoms with van der Waals surface area (Å²) in [6.45, 7) is 0. The van der Waals surface area contributed by atoms with Crippen LogP contribution in [0.2, 0.25) is 5.02 Å². The fourth-order valence-electron chi connectivity index (χ4n) is 1.88. The second-order valence-electron chi connectivity index (χ2n) is 3.92. The van der Waals surface area contributed by atoms with Gasteiger partial charge < -0.3 is 15.1 Å². The molecule has 0 saturated carbocycles. The van der Waals surface area contributed by atoms with Crippen LogP contribution >= 0.6 is 22.9 Å². The summed E-state index contributed by atoms with van der Waals surface area (Å²) in [6, 6.07) is 7.05. The number of nitrogens with one attached hydrogen (secondary N) is 2. The summed E-state index contributed by atoms with van der Waals surface area (Å²) >= 11 is 7.59. The number of benzene rings is 1. The molecule has 0 fully saturated rings. The van der Waals surface area contributed by atoms with Crippen LogP contribution in [0.5, 0.6) is 0 Å². The Morgan fingerprint density at radius 1 is 1.28 bits per heavy atom. The van der Waals surface area contributed by atoms with Gasteiger partial charge in [0, 0.05) is 15.5 Å². The lowest BCUT2D eigenvalue weighted by atomic mass is 10.1. The predicted molar refractivity (Wildman–Crippen MR) is 72.3 cm³/mol. The molecule has 0 aliphatic rings. The third-order valence-corrected chi connectivity index (χ3v) is 3.99. The van der Waals surface area contributed by atoms with Gasteiger partial charge in [-0.2, -0.15) is 0 Å². The number of fused-ring (bicyclic) bond motifs is 1. The summed E-state index contributed by atoms with van der Waals surface area (Å²) in [4.78, 5) is 17.3. The monoisotopic (exact) mass is 280 g/mol. The maximum atomic E-state index is 11.2. The van der Waals surface area contributed by atoms with Gasteiger partial charge in [0.2, 0.25) is 0 Å². The van der Waals surface area contributed by atoms with Crippen LogP contribution in [0.4, 0.5) is 0 Å². The Labute approximate surface area is 111 Å². The first kappa shape index (κ1) is 11.5. The van der Waals surface area contributed by atoms with Crippen molar-refractivity contribution in [2.24, 2.45) is 0 Å². The highest BCUT2D eigenvalue weighted by Crippen LogP contribution is 2.32. The fraction of sp³-hybridized carbons (Fsp3) is 0.0833. The third-order valence-electron chi connectivity index (χ3n) is 2.74. The van der Waals surface area contributed by atoms with Gasteiger partial charge in [0.15, 0.2) is 0 Å². The summed E-state index contributed by atoms with van der Waals surface area (Å²) in [6.07, 6.45) is -0.777. The van der Waals surface area contributed by atoms with Crippen molar-refractivity contribution in [2.75, 3.05) is 0 Å². The molecular formula is C12H9ClN2O2S. The molecule has 18 heavy (non-hydrogen) atoms. The van der Waals surface area contributed by atoms with Gasteiger partial charge in [-0.05, 0) is 23.6 Å². The molecule has 2 heterocycles. The number of aromatic nitrogens is 2. The van der Waals surface area contributed by atoms with Crippen molar-refractivity contribution in [1.82, 2.24) is 9.97 Å². The molecule has 1 unspecified atom stereocenters. The number of thiophene rings is 1. The number of rotatable bonds is 2. The highest BCUT2D eigenvalue weighted by molar-refractivity contribution is 7.10. The molecule has 0 radical (unpaired) electrons. The number of hydrogen-bond donors (Lipinski definition) is 3. The number of halogens is 1. The normalized spacial score (nSPS) is 13.0. The molecule has 3 N–H and O–H groups in total. The molecule has 6 heteroatoms. The lowest BCUT2D eigenvalue weighted by Crippen LogP contribution is -1.99. The van der Waals surface area contributed by atoms with Gasteiger partial charge in [0.25, 0.3) is 0 Å². The molecular weight excluding hydrogens is 272 g/mol. The summed E-state index contributed by atoms with van der Waals surface area (Å²) in [7, 11) is 0. The van der Waals surface area contributed by atoms with Gasteiger partial charge in [-0.1, -0.05) is 17.7 Å². The SMILES string of the molecule is O=c1[nH]c2cc(Cl)c(C(O)c3cccs3)cc2[nH]1. The lowest BCUT2D eigenvalue weighted by Gasteiger charge is -2.11. The minimum atomic E-state index is -0.777. The Bertz CT molecular complexity index is 745. The van der Waals surface area contributed by atoms with E-state index in [1.807, 2.05) is 17.5 Å². The van der Waals surface area contributed by atoms with Crippen LogP contribution in [0.15, 0.2) is 34.4 Å². The van der Waals surface area contributed by atoms with Crippen LogP contribution in [0.25, 0.3) is 11.0 Å². The van der Waals surface area contributed by atoms with E-state index in [9.17, 15) is 9.90 Å². The number of aliphatic hydroxyl groups is 1. The highest BCUT2D eigenvalue weighted by Gasteiger charge is 2.16. The Balaban J connectivity index is 2.16. The minimum absolute atomic E-state index is 0.288. The first-order valence-corrected chi connectivity index (χ1v) is 6.54. The van der Waals surface area contributed by atoms with E-state index in [1.54, 1.807) is 12.1 Å². The standard InChI is InChI=1S/C12H9ClN2O2S/c13-7-5-9-8(14-12(17)15-9)4-6(7)11(16)10-2-1-3-18-10/h1-5,11,16H,(H2,14,15,17). The molecule has 0 aliphatic carbocycles. The molecule has 1 aromatic carbocycles. The zero-order chi connectivity index (χ0) is 12.7. The van der Waals surface area contributed by atoms with Crippen LogP contribution in [0.3, 0.4) is 0 Å². The van der Waals surface area contributed by atoms with E-state index in [0.717, 1.165) is 4.88 Å². The van der Waals surface area contributed by atoms with Gasteiger partial charge in [-0.15, -0.1) is 11.3 Å². The van der Waals surface area contributed by atoms with Crippen molar-refractivity contribution in [3.05, 3.63) is 55.6 Å². The lowest BCUT2D eigenvalue weighted by molar-refractivity contribution is 0.224. The minimum Gasteiger partial charge on any atom is -0.383 e. The van der Waals surface area contributed by atoms with Crippen LogP contribution in [-0.4, -0.2) is 15.1 Å². The van der Waals surface area contributed by atoms with E-state index in [-0.39, 0.29) is 5.69 Å². The molecule has 0 bridgehead atoms.